The van der Waals surface area contributed by atoms with Gasteiger partial charge >= 0.3 is 0 Å². The number of nitrogens with one attached hydrogen (secondary N) is 2. The Morgan fingerprint density at radius 3 is 2.74 bits per heavy atom. The first kappa shape index (κ1) is 13.1. The molecular formula is C11H12N6OS. The zero-order chi connectivity index (χ0) is 13.7. The van der Waals surface area contributed by atoms with Crippen LogP contribution >= 0.6 is 12.2 Å². The predicted octanol–water partition coefficient (Wildman–Crippen LogP) is 0.820. The Morgan fingerprint density at radius 2 is 2.11 bits per heavy atom. The lowest BCUT2D eigenvalue weighted by molar-refractivity contribution is 0.0977. The van der Waals surface area contributed by atoms with Gasteiger partial charge in [-0.3, -0.25) is 15.4 Å². The number of amides is 1. The molecule has 2 aromatic rings. The van der Waals surface area contributed by atoms with Crippen molar-refractivity contribution in [2.75, 3.05) is 5.32 Å². The van der Waals surface area contributed by atoms with E-state index in [0.717, 1.165) is 0 Å². The largest absolute Gasteiger partial charge is 0.299 e. The second-order valence-electron chi connectivity index (χ2n) is 3.58. The fraction of sp³-hybridized carbons (Fsp3) is 0.182. The molecule has 2 N–H and O–H groups in total. The summed E-state index contributed by atoms with van der Waals surface area (Å²) >= 11 is 5.00. The number of aryl methyl sites for hydroxylation is 1. The molecule has 1 amide bonds. The minimum Gasteiger partial charge on any atom is -0.299 e. The van der Waals surface area contributed by atoms with Gasteiger partial charge in [-0.1, -0.05) is 23.3 Å². The van der Waals surface area contributed by atoms with E-state index in [4.69, 9.17) is 12.2 Å². The summed E-state index contributed by atoms with van der Waals surface area (Å²) in [6.45, 7) is 2.50. The highest BCUT2D eigenvalue weighted by Gasteiger charge is 2.09. The Labute approximate surface area is 115 Å². The molecule has 0 spiro atoms. The van der Waals surface area contributed by atoms with Crippen LogP contribution in [0.5, 0.6) is 0 Å². The molecule has 0 unspecified atom stereocenters. The first-order chi connectivity index (χ1) is 9.19. The van der Waals surface area contributed by atoms with Crippen molar-refractivity contribution in [1.29, 1.82) is 0 Å². The van der Waals surface area contributed by atoms with E-state index in [2.05, 4.69) is 26.0 Å². The van der Waals surface area contributed by atoms with Crippen LogP contribution in [0.25, 0.3) is 0 Å². The van der Waals surface area contributed by atoms with Crippen LogP contribution in [-0.2, 0) is 6.54 Å². The number of carbonyl (C=O) groups is 1. The number of thiocarbonyl (C=S) groups is 1. The van der Waals surface area contributed by atoms with Gasteiger partial charge in [-0.05, 0) is 36.5 Å². The third kappa shape index (κ3) is 3.55. The number of aromatic nitrogens is 4. The molecule has 0 fully saturated rings. The predicted molar refractivity (Wildman–Crippen MR) is 73.6 cm³/mol. The maximum atomic E-state index is 11.8. The zero-order valence-electron chi connectivity index (χ0n) is 10.2. The lowest BCUT2D eigenvalue weighted by atomic mass is 10.2. The van der Waals surface area contributed by atoms with E-state index in [9.17, 15) is 4.79 Å². The summed E-state index contributed by atoms with van der Waals surface area (Å²) in [5.74, 6) is -0.0406. The van der Waals surface area contributed by atoms with Gasteiger partial charge in [0.2, 0.25) is 0 Å². The van der Waals surface area contributed by atoms with Crippen LogP contribution in [0.15, 0.2) is 30.3 Å². The normalized spacial score (nSPS) is 9.95. The summed E-state index contributed by atoms with van der Waals surface area (Å²) in [6, 6.07) is 8.78. The molecule has 0 aliphatic rings. The van der Waals surface area contributed by atoms with Gasteiger partial charge in [0.15, 0.2) is 5.11 Å². The minimum absolute atomic E-state index is 0.129. The topological polar surface area (TPSA) is 84.7 Å². The molecule has 1 aromatic heterocycles. The number of nitrogens with zero attached hydrogens (tertiary/aromatic N) is 4. The highest BCUT2D eigenvalue weighted by atomic mass is 32.1. The molecule has 1 aromatic carbocycles. The maximum Gasteiger partial charge on any atom is 0.269 e. The van der Waals surface area contributed by atoms with Crippen molar-refractivity contribution in [2.45, 2.75) is 13.5 Å². The Hall–Kier alpha value is -2.35. The lowest BCUT2D eigenvalue weighted by Crippen LogP contribution is -2.34. The smallest absolute Gasteiger partial charge is 0.269 e. The van der Waals surface area contributed by atoms with Crippen LogP contribution < -0.4 is 10.6 Å². The van der Waals surface area contributed by atoms with Gasteiger partial charge in [0, 0.05) is 5.56 Å². The average molecular weight is 276 g/mol. The maximum absolute atomic E-state index is 11.8. The summed E-state index contributed by atoms with van der Waals surface area (Å²) in [5, 5.41) is 16.9. The average Bonchev–Trinajstić information content (AvgIpc) is 2.87. The van der Waals surface area contributed by atoms with E-state index in [0.29, 0.717) is 12.1 Å². The highest BCUT2D eigenvalue weighted by Crippen LogP contribution is 1.99. The Kier molecular flexibility index (Phi) is 4.14. The molecule has 0 bridgehead atoms. The molecule has 0 aliphatic carbocycles. The summed E-state index contributed by atoms with van der Waals surface area (Å²) in [7, 11) is 0. The van der Waals surface area contributed by atoms with Crippen LogP contribution in [0.1, 0.15) is 17.3 Å². The fourth-order valence-electron chi connectivity index (χ4n) is 1.32. The summed E-state index contributed by atoms with van der Waals surface area (Å²) in [4.78, 5) is 13.2. The van der Waals surface area contributed by atoms with Gasteiger partial charge in [0.1, 0.15) is 0 Å². The van der Waals surface area contributed by atoms with Gasteiger partial charge < -0.3 is 0 Å². The molecule has 0 saturated heterocycles. The molecular weight excluding hydrogens is 264 g/mol. The van der Waals surface area contributed by atoms with E-state index in [1.165, 1.54) is 4.80 Å². The van der Waals surface area contributed by atoms with Crippen molar-refractivity contribution in [3.8, 4) is 0 Å². The summed E-state index contributed by atoms with van der Waals surface area (Å²) in [6.07, 6.45) is 0. The van der Waals surface area contributed by atoms with E-state index in [1.807, 2.05) is 13.0 Å². The Bertz CT molecular complexity index is 582. The number of anilines is 1. The molecule has 7 nitrogen and oxygen atoms in total. The number of hydrogen-bond acceptors (Lipinski definition) is 5. The first-order valence-electron chi connectivity index (χ1n) is 5.64. The van der Waals surface area contributed by atoms with Crippen molar-refractivity contribution in [3.63, 3.8) is 0 Å². The van der Waals surface area contributed by atoms with E-state index in [1.54, 1.807) is 24.3 Å². The van der Waals surface area contributed by atoms with Crippen LogP contribution in [0.2, 0.25) is 0 Å². The van der Waals surface area contributed by atoms with Gasteiger partial charge in [-0.15, -0.1) is 5.10 Å². The quantitative estimate of drug-likeness (QED) is 0.807. The zero-order valence-corrected chi connectivity index (χ0v) is 11.0. The standard InChI is InChI=1S/C11H12N6OS/c1-2-17-15-10(14-16-17)13-11(19)12-9(18)8-6-4-3-5-7-8/h3-7H,2H2,1H3,(H2,12,13,15,18,19). The van der Waals surface area contributed by atoms with Gasteiger partial charge in [-0.2, -0.15) is 4.80 Å². The molecule has 0 aliphatic heterocycles. The molecule has 8 heteroatoms. The molecule has 0 atom stereocenters. The molecule has 0 radical (unpaired) electrons. The van der Waals surface area contributed by atoms with Crippen LogP contribution in [-0.4, -0.2) is 31.2 Å². The lowest BCUT2D eigenvalue weighted by Gasteiger charge is -2.05. The SMILES string of the molecule is CCn1nnc(NC(=S)NC(=O)c2ccccc2)n1. The summed E-state index contributed by atoms with van der Waals surface area (Å²) < 4.78 is 0. The first-order valence-corrected chi connectivity index (χ1v) is 6.05. The van der Waals surface area contributed by atoms with Gasteiger partial charge in [-0.25, -0.2) is 0 Å². The number of carbonyl (C=O) groups excluding carboxylic acids is 1. The number of rotatable bonds is 3. The molecule has 0 saturated carbocycles. The van der Waals surface area contributed by atoms with E-state index in [-0.39, 0.29) is 17.0 Å². The third-order valence-corrected chi connectivity index (χ3v) is 2.43. The summed E-state index contributed by atoms with van der Waals surface area (Å²) in [5.41, 5.74) is 0.525. The second kappa shape index (κ2) is 6.01. The number of hydrogen-bond donors (Lipinski definition) is 2. The molecule has 2 rings (SSSR count). The van der Waals surface area contributed by atoms with Crippen LogP contribution in [0, 0.1) is 0 Å². The van der Waals surface area contributed by atoms with Crippen molar-refractivity contribution < 1.29 is 4.79 Å². The monoisotopic (exact) mass is 276 g/mol. The third-order valence-electron chi connectivity index (χ3n) is 2.22. The molecule has 98 valence electrons. The van der Waals surface area contributed by atoms with Crippen LogP contribution in [0.3, 0.4) is 0 Å². The molecule has 1 heterocycles. The van der Waals surface area contributed by atoms with Crippen LogP contribution in [0.4, 0.5) is 5.95 Å². The van der Waals surface area contributed by atoms with Crippen molar-refractivity contribution in [2.24, 2.45) is 0 Å². The Balaban J connectivity index is 1.93. The van der Waals surface area contributed by atoms with Crippen molar-refractivity contribution >= 4 is 29.2 Å². The Morgan fingerprint density at radius 1 is 1.37 bits per heavy atom. The van der Waals surface area contributed by atoms with E-state index >= 15 is 0 Å². The number of tetrazole rings is 1. The van der Waals surface area contributed by atoms with Crippen molar-refractivity contribution in [3.05, 3.63) is 35.9 Å². The fourth-order valence-corrected chi connectivity index (χ4v) is 1.51. The van der Waals surface area contributed by atoms with Crippen molar-refractivity contribution in [1.82, 2.24) is 25.5 Å². The second-order valence-corrected chi connectivity index (χ2v) is 3.98. The minimum atomic E-state index is -0.291. The van der Waals surface area contributed by atoms with E-state index < -0.39 is 0 Å². The highest BCUT2D eigenvalue weighted by molar-refractivity contribution is 7.80. The van der Waals surface area contributed by atoms with Gasteiger partial charge in [0.25, 0.3) is 11.9 Å². The number of benzene rings is 1. The van der Waals surface area contributed by atoms with Gasteiger partial charge in [0.05, 0.1) is 6.54 Å². The molecule has 19 heavy (non-hydrogen) atoms.